The van der Waals surface area contributed by atoms with Crippen molar-refractivity contribution in [2.45, 2.75) is 19.0 Å². The second-order valence-corrected chi connectivity index (χ2v) is 6.84. The number of likely N-dealkylation sites (N-methyl/N-ethyl adjacent to an activating group) is 1. The van der Waals surface area contributed by atoms with Crippen molar-refractivity contribution in [3.8, 4) is 5.75 Å². The Hall–Kier alpha value is -3.13. The topological polar surface area (TPSA) is 92.8 Å². The van der Waals surface area contributed by atoms with Gasteiger partial charge in [0.15, 0.2) is 0 Å². The van der Waals surface area contributed by atoms with Crippen LogP contribution in [0, 0.1) is 0 Å². The number of methoxy groups -OCH3 is 1. The van der Waals surface area contributed by atoms with Crippen molar-refractivity contribution in [1.82, 2.24) is 15.6 Å². The largest absolute Gasteiger partial charge is 0.489 e. The molecule has 2 aromatic rings. The maximum atomic E-state index is 12.4. The fraction of sp³-hybridized carbons (Fsp3) is 0.381. The van der Waals surface area contributed by atoms with Gasteiger partial charge in [0.1, 0.15) is 12.4 Å². The lowest BCUT2D eigenvalue weighted by Gasteiger charge is -2.35. The molecule has 0 saturated heterocycles. The molecular weight excluding hydrogens is 372 g/mol. The minimum absolute atomic E-state index is 0.0563. The quantitative estimate of drug-likeness (QED) is 0.653. The molecule has 0 fully saturated rings. The van der Waals surface area contributed by atoms with E-state index in [0.29, 0.717) is 44.0 Å². The normalized spacial score (nSPS) is 15.2. The van der Waals surface area contributed by atoms with Crippen LogP contribution in [0.3, 0.4) is 0 Å². The van der Waals surface area contributed by atoms with Gasteiger partial charge in [0, 0.05) is 45.2 Å². The Morgan fingerprint density at radius 2 is 2.03 bits per heavy atom. The third-order valence-corrected chi connectivity index (χ3v) is 4.83. The summed E-state index contributed by atoms with van der Waals surface area (Å²) in [6.45, 7) is 1.77. The molecule has 2 heterocycles. The Bertz CT molecular complexity index is 844. The van der Waals surface area contributed by atoms with Crippen molar-refractivity contribution in [2.24, 2.45) is 0 Å². The Labute approximate surface area is 170 Å². The molecule has 8 heteroatoms. The summed E-state index contributed by atoms with van der Waals surface area (Å²) in [4.78, 5) is 30.6. The van der Waals surface area contributed by atoms with E-state index in [4.69, 9.17) is 9.47 Å². The van der Waals surface area contributed by atoms with E-state index in [9.17, 15) is 9.59 Å². The average molecular weight is 398 g/mol. The molecule has 1 atom stereocenters. The van der Waals surface area contributed by atoms with Crippen LogP contribution in [-0.4, -0.2) is 56.8 Å². The van der Waals surface area contributed by atoms with Gasteiger partial charge in [0.05, 0.1) is 24.8 Å². The molecule has 1 aliphatic rings. The zero-order chi connectivity index (χ0) is 20.6. The molecule has 0 radical (unpaired) electrons. The predicted molar refractivity (Wildman–Crippen MR) is 109 cm³/mol. The molecule has 1 aliphatic heterocycles. The summed E-state index contributed by atoms with van der Waals surface area (Å²) in [5, 5.41) is 5.73. The van der Waals surface area contributed by atoms with Crippen LogP contribution in [0.4, 0.5) is 5.69 Å². The highest BCUT2D eigenvalue weighted by Gasteiger charge is 2.27. The number of nitrogens with zero attached hydrogens (tertiary/aromatic N) is 2. The number of hydrogen-bond acceptors (Lipinski definition) is 6. The molecular formula is C21H26N4O4. The number of anilines is 1. The second-order valence-electron chi connectivity index (χ2n) is 6.84. The number of benzene rings is 1. The van der Waals surface area contributed by atoms with Gasteiger partial charge in [0.25, 0.3) is 5.91 Å². The molecule has 0 spiro atoms. The van der Waals surface area contributed by atoms with Crippen molar-refractivity contribution in [2.75, 3.05) is 38.8 Å². The number of nitrogens with one attached hydrogen (secondary N) is 2. The monoisotopic (exact) mass is 398 g/mol. The Balaban J connectivity index is 1.60. The summed E-state index contributed by atoms with van der Waals surface area (Å²) in [6, 6.07) is 8.93. The maximum Gasteiger partial charge on any atom is 0.251 e. The predicted octanol–water partition coefficient (Wildman–Crippen LogP) is 1.36. The summed E-state index contributed by atoms with van der Waals surface area (Å²) in [6.07, 6.45) is 3.69. The summed E-state index contributed by atoms with van der Waals surface area (Å²) >= 11 is 0. The third kappa shape index (κ3) is 5.45. The van der Waals surface area contributed by atoms with Crippen LogP contribution in [0.15, 0.2) is 42.7 Å². The van der Waals surface area contributed by atoms with Gasteiger partial charge >= 0.3 is 0 Å². The van der Waals surface area contributed by atoms with Crippen LogP contribution in [0.25, 0.3) is 0 Å². The number of rotatable bonds is 8. The standard InChI is InChI=1S/C21H26N4O4/c1-25-17(12-20(26)24-13-15-5-7-22-8-6-15)14-29-19-4-3-16(11-18(19)25)21(27)23-9-10-28-2/h3-8,11,17H,9-10,12-14H2,1-2H3,(H,23,27)(H,24,26)/t17-/m1/s1. The first kappa shape index (κ1) is 20.6. The molecule has 0 unspecified atom stereocenters. The first-order chi connectivity index (χ1) is 14.1. The molecule has 29 heavy (non-hydrogen) atoms. The highest BCUT2D eigenvalue weighted by Crippen LogP contribution is 2.34. The molecule has 0 bridgehead atoms. The SMILES string of the molecule is COCCNC(=O)c1ccc2c(c1)N(C)[C@H](CC(=O)NCc1ccncc1)CO2. The molecule has 0 saturated carbocycles. The van der Waals surface area contributed by atoms with Gasteiger partial charge in [-0.1, -0.05) is 0 Å². The number of aromatic nitrogens is 1. The lowest BCUT2D eigenvalue weighted by atomic mass is 10.1. The van der Waals surface area contributed by atoms with E-state index < -0.39 is 0 Å². The van der Waals surface area contributed by atoms with Crippen molar-refractivity contribution in [3.63, 3.8) is 0 Å². The van der Waals surface area contributed by atoms with E-state index in [0.717, 1.165) is 11.3 Å². The first-order valence-corrected chi connectivity index (χ1v) is 9.51. The van der Waals surface area contributed by atoms with Crippen LogP contribution in [-0.2, 0) is 16.1 Å². The van der Waals surface area contributed by atoms with E-state index in [1.54, 1.807) is 37.7 Å². The van der Waals surface area contributed by atoms with Gasteiger partial charge in [0.2, 0.25) is 5.91 Å². The molecule has 1 aromatic carbocycles. The molecule has 3 rings (SSSR count). The van der Waals surface area contributed by atoms with Crippen molar-refractivity contribution >= 4 is 17.5 Å². The van der Waals surface area contributed by atoms with E-state index in [1.807, 2.05) is 24.1 Å². The van der Waals surface area contributed by atoms with Crippen LogP contribution in [0.1, 0.15) is 22.3 Å². The van der Waals surface area contributed by atoms with E-state index >= 15 is 0 Å². The number of fused-ring (bicyclic) bond motifs is 1. The molecule has 1 aromatic heterocycles. The molecule has 2 amide bonds. The summed E-state index contributed by atoms with van der Waals surface area (Å²) in [5.41, 5.74) is 2.33. The van der Waals surface area contributed by atoms with Crippen molar-refractivity contribution in [1.29, 1.82) is 0 Å². The number of hydrogen-bond donors (Lipinski definition) is 2. The molecule has 8 nitrogen and oxygen atoms in total. The van der Waals surface area contributed by atoms with Gasteiger partial charge in [-0.25, -0.2) is 0 Å². The van der Waals surface area contributed by atoms with E-state index in [-0.39, 0.29) is 17.9 Å². The van der Waals surface area contributed by atoms with Crippen molar-refractivity contribution in [3.05, 3.63) is 53.9 Å². The van der Waals surface area contributed by atoms with Gasteiger partial charge in [-0.2, -0.15) is 0 Å². The first-order valence-electron chi connectivity index (χ1n) is 9.51. The number of carbonyl (C=O) groups is 2. The average Bonchev–Trinajstić information content (AvgIpc) is 2.75. The summed E-state index contributed by atoms with van der Waals surface area (Å²) in [5.74, 6) is 0.476. The second kappa shape index (κ2) is 9.88. The molecule has 0 aliphatic carbocycles. The zero-order valence-corrected chi connectivity index (χ0v) is 16.7. The smallest absolute Gasteiger partial charge is 0.251 e. The highest BCUT2D eigenvalue weighted by atomic mass is 16.5. The van der Waals surface area contributed by atoms with Crippen LogP contribution >= 0.6 is 0 Å². The Morgan fingerprint density at radius 3 is 2.79 bits per heavy atom. The van der Waals surface area contributed by atoms with Gasteiger partial charge < -0.3 is 25.0 Å². The number of ether oxygens (including phenoxy) is 2. The number of amides is 2. The van der Waals surface area contributed by atoms with E-state index in [2.05, 4.69) is 15.6 Å². The lowest BCUT2D eigenvalue weighted by molar-refractivity contribution is -0.121. The fourth-order valence-corrected chi connectivity index (χ4v) is 3.10. The van der Waals surface area contributed by atoms with Gasteiger partial charge in [-0.3, -0.25) is 14.6 Å². The number of carbonyl (C=O) groups excluding carboxylic acids is 2. The maximum absolute atomic E-state index is 12.4. The van der Waals surface area contributed by atoms with Crippen LogP contribution in [0.2, 0.25) is 0 Å². The van der Waals surface area contributed by atoms with Crippen LogP contribution in [0.5, 0.6) is 5.75 Å². The van der Waals surface area contributed by atoms with Crippen LogP contribution < -0.4 is 20.3 Å². The Morgan fingerprint density at radius 1 is 1.24 bits per heavy atom. The molecule has 154 valence electrons. The van der Waals surface area contributed by atoms with E-state index in [1.165, 1.54) is 0 Å². The minimum atomic E-state index is -0.171. The van der Waals surface area contributed by atoms with Gasteiger partial charge in [-0.05, 0) is 35.9 Å². The lowest BCUT2D eigenvalue weighted by Crippen LogP contribution is -2.43. The summed E-state index contributed by atoms with van der Waals surface area (Å²) < 4.78 is 10.8. The highest BCUT2D eigenvalue weighted by molar-refractivity contribution is 5.95. The summed E-state index contributed by atoms with van der Waals surface area (Å²) in [7, 11) is 3.50. The molecule has 2 N–H and O–H groups in total. The number of pyridine rings is 1. The Kier molecular flexibility index (Phi) is 7.02. The zero-order valence-electron chi connectivity index (χ0n) is 16.7. The minimum Gasteiger partial charge on any atom is -0.489 e. The van der Waals surface area contributed by atoms with Crippen molar-refractivity contribution < 1.29 is 19.1 Å². The van der Waals surface area contributed by atoms with Gasteiger partial charge in [-0.15, -0.1) is 0 Å². The fourth-order valence-electron chi connectivity index (χ4n) is 3.10. The third-order valence-electron chi connectivity index (χ3n) is 4.83.